The van der Waals surface area contributed by atoms with Gasteiger partial charge in [-0.1, -0.05) is 23.9 Å². The van der Waals surface area contributed by atoms with Crippen LogP contribution < -0.4 is 5.32 Å². The van der Waals surface area contributed by atoms with Crippen LogP contribution >= 0.6 is 27.7 Å². The second-order valence-corrected chi connectivity index (χ2v) is 6.10. The molecule has 0 bridgehead atoms. The van der Waals surface area contributed by atoms with Crippen molar-refractivity contribution in [2.75, 3.05) is 18.2 Å². The van der Waals surface area contributed by atoms with Gasteiger partial charge in [-0.25, -0.2) is 9.78 Å². The average molecular weight is 381 g/mol. The maximum atomic E-state index is 12.0. The quantitative estimate of drug-likeness (QED) is 0.636. The molecule has 0 saturated carbocycles. The number of nitrogens with one attached hydrogen (secondary N) is 1. The highest BCUT2D eigenvalue weighted by molar-refractivity contribution is 9.10. The van der Waals surface area contributed by atoms with Crippen LogP contribution in [0.3, 0.4) is 0 Å². The van der Waals surface area contributed by atoms with Crippen LogP contribution in [0.25, 0.3) is 0 Å². The Balaban J connectivity index is 1.97. The van der Waals surface area contributed by atoms with Gasteiger partial charge in [0.25, 0.3) is 0 Å². The van der Waals surface area contributed by atoms with Gasteiger partial charge in [0.15, 0.2) is 0 Å². The van der Waals surface area contributed by atoms with Gasteiger partial charge in [0.05, 0.1) is 29.1 Å². The van der Waals surface area contributed by atoms with Gasteiger partial charge in [-0.15, -0.1) is 0 Å². The van der Waals surface area contributed by atoms with Gasteiger partial charge >= 0.3 is 5.97 Å². The predicted octanol–water partition coefficient (Wildman–Crippen LogP) is 3.36. The lowest BCUT2D eigenvalue weighted by Gasteiger charge is -2.09. The fourth-order valence-corrected chi connectivity index (χ4v) is 2.53. The Bertz CT molecular complexity index is 677. The molecule has 0 aliphatic heterocycles. The summed E-state index contributed by atoms with van der Waals surface area (Å²) in [7, 11) is 1.30. The Kier molecular flexibility index (Phi) is 5.97. The van der Waals surface area contributed by atoms with Crippen LogP contribution in [0.5, 0.6) is 0 Å². The third-order valence-corrected chi connectivity index (χ3v) is 4.07. The standard InChI is InChI=1S/C15H13BrN2O3S/c1-21-15(20)11-4-2-3-5-12(11)18-13(19)9-22-14-7-6-10(16)8-17-14/h2-8H,9H2,1H3,(H,18,19). The Morgan fingerprint density at radius 2 is 2.05 bits per heavy atom. The SMILES string of the molecule is COC(=O)c1ccccc1NC(=O)CSc1ccc(Br)cn1. The molecule has 0 radical (unpaired) electrons. The molecule has 0 unspecified atom stereocenters. The molecule has 114 valence electrons. The van der Waals surface area contributed by atoms with E-state index in [4.69, 9.17) is 0 Å². The van der Waals surface area contributed by atoms with Crippen molar-refractivity contribution in [1.82, 2.24) is 4.98 Å². The summed E-state index contributed by atoms with van der Waals surface area (Å²) in [6.07, 6.45) is 1.67. The number of carbonyl (C=O) groups is 2. The summed E-state index contributed by atoms with van der Waals surface area (Å²) in [6, 6.07) is 10.4. The van der Waals surface area contributed by atoms with Crippen LogP contribution in [-0.4, -0.2) is 29.7 Å². The fourth-order valence-electron chi connectivity index (χ4n) is 1.65. The molecule has 0 atom stereocenters. The molecule has 0 aliphatic carbocycles. The summed E-state index contributed by atoms with van der Waals surface area (Å²) in [4.78, 5) is 27.8. The number of rotatable bonds is 5. The molecule has 5 nitrogen and oxygen atoms in total. The van der Waals surface area contributed by atoms with E-state index >= 15 is 0 Å². The first-order valence-corrected chi connectivity index (χ1v) is 8.09. The lowest BCUT2D eigenvalue weighted by atomic mass is 10.2. The van der Waals surface area contributed by atoms with Crippen LogP contribution in [0, 0.1) is 0 Å². The third-order valence-electron chi connectivity index (χ3n) is 2.66. The molecule has 1 amide bonds. The summed E-state index contributed by atoms with van der Waals surface area (Å²) < 4.78 is 5.57. The normalized spacial score (nSPS) is 10.1. The summed E-state index contributed by atoms with van der Waals surface area (Å²) in [5, 5.41) is 3.46. The zero-order chi connectivity index (χ0) is 15.9. The molecule has 0 spiro atoms. The highest BCUT2D eigenvalue weighted by Crippen LogP contribution is 2.19. The lowest BCUT2D eigenvalue weighted by Crippen LogP contribution is -2.17. The first-order valence-electron chi connectivity index (χ1n) is 6.31. The summed E-state index contributed by atoms with van der Waals surface area (Å²) >= 11 is 4.62. The van der Waals surface area contributed by atoms with Crippen LogP contribution in [-0.2, 0) is 9.53 Å². The molecular formula is C15H13BrN2O3S. The molecule has 22 heavy (non-hydrogen) atoms. The number of benzene rings is 1. The predicted molar refractivity (Wildman–Crippen MR) is 89.1 cm³/mol. The molecule has 0 fully saturated rings. The van der Waals surface area contributed by atoms with E-state index < -0.39 is 5.97 Å². The number of thioether (sulfide) groups is 1. The van der Waals surface area contributed by atoms with E-state index in [2.05, 4.69) is 31.0 Å². The molecule has 0 aliphatic rings. The molecule has 7 heteroatoms. The maximum Gasteiger partial charge on any atom is 0.339 e. The highest BCUT2D eigenvalue weighted by atomic mass is 79.9. The Morgan fingerprint density at radius 3 is 2.73 bits per heavy atom. The van der Waals surface area contributed by atoms with E-state index in [9.17, 15) is 9.59 Å². The number of ether oxygens (including phenoxy) is 1. The number of para-hydroxylation sites is 1. The topological polar surface area (TPSA) is 68.3 Å². The van der Waals surface area contributed by atoms with Crippen molar-refractivity contribution in [3.63, 3.8) is 0 Å². The first-order chi connectivity index (χ1) is 10.6. The van der Waals surface area contributed by atoms with Gasteiger partial charge in [0.2, 0.25) is 5.91 Å². The minimum atomic E-state index is -0.488. The van der Waals surface area contributed by atoms with Crippen LogP contribution in [0.15, 0.2) is 52.1 Å². The van der Waals surface area contributed by atoms with E-state index in [1.54, 1.807) is 30.5 Å². The van der Waals surface area contributed by atoms with Crippen molar-refractivity contribution in [1.29, 1.82) is 0 Å². The maximum absolute atomic E-state index is 12.0. The van der Waals surface area contributed by atoms with Crippen molar-refractivity contribution in [3.05, 3.63) is 52.6 Å². The fraction of sp³-hybridized carbons (Fsp3) is 0.133. The van der Waals surface area contributed by atoms with Crippen LogP contribution in [0.4, 0.5) is 5.69 Å². The number of amides is 1. The molecule has 1 aromatic heterocycles. The Morgan fingerprint density at radius 1 is 1.27 bits per heavy atom. The lowest BCUT2D eigenvalue weighted by molar-refractivity contribution is -0.113. The number of nitrogens with zero attached hydrogens (tertiary/aromatic N) is 1. The van der Waals surface area contributed by atoms with Crippen LogP contribution in [0.1, 0.15) is 10.4 Å². The molecule has 2 aromatic rings. The van der Waals surface area contributed by atoms with Crippen molar-refractivity contribution in [3.8, 4) is 0 Å². The average Bonchev–Trinajstić information content (AvgIpc) is 2.54. The zero-order valence-corrected chi connectivity index (χ0v) is 14.1. The summed E-state index contributed by atoms with van der Waals surface area (Å²) in [5.74, 6) is -0.506. The largest absolute Gasteiger partial charge is 0.465 e. The van der Waals surface area contributed by atoms with Gasteiger partial charge in [-0.2, -0.15) is 0 Å². The van der Waals surface area contributed by atoms with Gasteiger partial charge in [0.1, 0.15) is 0 Å². The minimum Gasteiger partial charge on any atom is -0.465 e. The zero-order valence-electron chi connectivity index (χ0n) is 11.7. The van der Waals surface area contributed by atoms with Crippen molar-refractivity contribution >= 4 is 45.3 Å². The smallest absolute Gasteiger partial charge is 0.339 e. The van der Waals surface area contributed by atoms with Crippen molar-refractivity contribution < 1.29 is 14.3 Å². The van der Waals surface area contributed by atoms with E-state index in [0.29, 0.717) is 11.3 Å². The molecule has 2 rings (SSSR count). The van der Waals surface area contributed by atoms with Gasteiger partial charge in [0, 0.05) is 10.7 Å². The van der Waals surface area contributed by atoms with Gasteiger partial charge in [-0.05, 0) is 40.2 Å². The number of pyridine rings is 1. The molecule has 1 N–H and O–H groups in total. The van der Waals surface area contributed by atoms with Crippen molar-refractivity contribution in [2.24, 2.45) is 0 Å². The van der Waals surface area contributed by atoms with E-state index in [1.807, 2.05) is 12.1 Å². The minimum absolute atomic E-state index is 0.199. The number of halogens is 1. The van der Waals surface area contributed by atoms with E-state index in [1.165, 1.54) is 18.9 Å². The number of hydrogen-bond acceptors (Lipinski definition) is 5. The molecule has 1 heterocycles. The third kappa shape index (κ3) is 4.57. The van der Waals surface area contributed by atoms with E-state index in [-0.39, 0.29) is 11.7 Å². The second-order valence-electron chi connectivity index (χ2n) is 4.19. The van der Waals surface area contributed by atoms with Gasteiger partial charge < -0.3 is 10.1 Å². The number of anilines is 1. The Hall–Kier alpha value is -1.86. The number of esters is 1. The summed E-state index contributed by atoms with van der Waals surface area (Å²) in [5.41, 5.74) is 0.758. The van der Waals surface area contributed by atoms with E-state index in [0.717, 1.165) is 9.50 Å². The Labute approximate surface area is 140 Å². The van der Waals surface area contributed by atoms with Crippen molar-refractivity contribution in [2.45, 2.75) is 5.03 Å². The molecular weight excluding hydrogens is 368 g/mol. The number of carbonyl (C=O) groups excluding carboxylic acids is 2. The number of aromatic nitrogens is 1. The first kappa shape index (κ1) is 16.5. The molecule has 1 aromatic carbocycles. The molecule has 0 saturated heterocycles. The number of hydrogen-bond donors (Lipinski definition) is 1. The highest BCUT2D eigenvalue weighted by Gasteiger charge is 2.13. The van der Waals surface area contributed by atoms with Crippen LogP contribution in [0.2, 0.25) is 0 Å². The number of methoxy groups -OCH3 is 1. The monoisotopic (exact) mass is 380 g/mol. The summed E-state index contributed by atoms with van der Waals surface area (Å²) in [6.45, 7) is 0. The van der Waals surface area contributed by atoms with Gasteiger partial charge in [-0.3, -0.25) is 4.79 Å². The second kappa shape index (κ2) is 7.95.